The largest absolute Gasteiger partial charge is 0.543 e. The highest BCUT2D eigenvalue weighted by Crippen LogP contribution is 2.29. The van der Waals surface area contributed by atoms with Gasteiger partial charge in [0.1, 0.15) is 5.75 Å². The highest BCUT2D eigenvalue weighted by Gasteiger charge is 2.19. The smallest absolute Gasteiger partial charge is 0.229 e. The molecule has 1 aromatic heterocycles. The zero-order valence-electron chi connectivity index (χ0n) is 14.2. The number of aromatic carboxylic acids is 1. The summed E-state index contributed by atoms with van der Waals surface area (Å²) in [4.78, 5) is 24.2. The molecule has 26 heavy (non-hydrogen) atoms. The molecular formula is C19H16ClN2O4-. The fourth-order valence-electron chi connectivity index (χ4n) is 3.04. The third-order valence-corrected chi connectivity index (χ3v) is 4.41. The molecule has 0 aliphatic carbocycles. The molecule has 0 radical (unpaired) electrons. The molecule has 0 fully saturated rings. The van der Waals surface area contributed by atoms with Crippen molar-refractivity contribution in [3.63, 3.8) is 0 Å². The lowest BCUT2D eigenvalue weighted by Gasteiger charge is -2.12. The van der Waals surface area contributed by atoms with Gasteiger partial charge in [-0.15, -0.1) is 0 Å². The van der Waals surface area contributed by atoms with Gasteiger partial charge in [0, 0.05) is 23.0 Å². The number of carbonyl (C=O) groups excluding carboxylic acids is 2. The Morgan fingerprint density at radius 1 is 1.23 bits per heavy atom. The van der Waals surface area contributed by atoms with Crippen LogP contribution in [-0.2, 0) is 18.3 Å². The van der Waals surface area contributed by atoms with Crippen molar-refractivity contribution < 1.29 is 19.4 Å². The second kappa shape index (κ2) is 7.09. The Morgan fingerprint density at radius 3 is 2.65 bits per heavy atom. The van der Waals surface area contributed by atoms with Gasteiger partial charge in [-0.2, -0.15) is 0 Å². The summed E-state index contributed by atoms with van der Waals surface area (Å²) < 4.78 is 6.73. The number of ether oxygens (including phenoxy) is 1. The lowest BCUT2D eigenvalue weighted by atomic mass is 10.1. The Balaban J connectivity index is 1.97. The predicted molar refractivity (Wildman–Crippen MR) is 97.6 cm³/mol. The predicted octanol–water partition coefficient (Wildman–Crippen LogP) is 2.38. The average molecular weight is 372 g/mol. The van der Waals surface area contributed by atoms with Gasteiger partial charge in [-0.1, -0.05) is 29.8 Å². The van der Waals surface area contributed by atoms with E-state index in [0.29, 0.717) is 27.4 Å². The number of aromatic nitrogens is 1. The Morgan fingerprint density at radius 2 is 1.96 bits per heavy atom. The van der Waals surface area contributed by atoms with Gasteiger partial charge >= 0.3 is 0 Å². The van der Waals surface area contributed by atoms with Crippen molar-refractivity contribution in [3.05, 3.63) is 58.7 Å². The minimum atomic E-state index is -1.33. The second-order valence-corrected chi connectivity index (χ2v) is 6.20. The van der Waals surface area contributed by atoms with E-state index in [4.69, 9.17) is 16.3 Å². The molecule has 6 nitrogen and oxygen atoms in total. The summed E-state index contributed by atoms with van der Waals surface area (Å²) in [5.74, 6) is -1.25. The Bertz CT molecular complexity index is 1010. The van der Waals surface area contributed by atoms with Gasteiger partial charge in [-0.25, -0.2) is 0 Å². The van der Waals surface area contributed by atoms with E-state index >= 15 is 0 Å². The molecule has 0 saturated heterocycles. The minimum Gasteiger partial charge on any atom is -0.543 e. The number of para-hydroxylation sites is 1. The van der Waals surface area contributed by atoms with Crippen LogP contribution in [0.2, 0.25) is 5.02 Å². The van der Waals surface area contributed by atoms with E-state index in [0.717, 1.165) is 5.52 Å². The number of carboxylic acid groups (broad SMARTS) is 1. The number of nitrogens with one attached hydrogen (secondary N) is 1. The molecule has 1 amide bonds. The van der Waals surface area contributed by atoms with Crippen LogP contribution in [0.1, 0.15) is 16.1 Å². The average Bonchev–Trinajstić information content (AvgIpc) is 2.88. The monoisotopic (exact) mass is 371 g/mol. The topological polar surface area (TPSA) is 83.4 Å². The third-order valence-electron chi connectivity index (χ3n) is 4.18. The van der Waals surface area contributed by atoms with E-state index in [1.807, 2.05) is 6.07 Å². The number of halogens is 1. The molecule has 0 aliphatic heterocycles. The molecule has 134 valence electrons. The van der Waals surface area contributed by atoms with Gasteiger partial charge in [0.15, 0.2) is 0 Å². The normalized spacial score (nSPS) is 10.7. The van der Waals surface area contributed by atoms with E-state index in [2.05, 4.69) is 5.32 Å². The Labute approximate surface area is 154 Å². The van der Waals surface area contributed by atoms with Gasteiger partial charge in [0.2, 0.25) is 5.91 Å². The highest BCUT2D eigenvalue weighted by molar-refractivity contribution is 6.31. The number of carbonyl (C=O) groups is 2. The number of hydrogen-bond acceptors (Lipinski definition) is 4. The van der Waals surface area contributed by atoms with Gasteiger partial charge < -0.3 is 24.5 Å². The molecule has 7 heteroatoms. The number of carboxylic acids is 1. The number of rotatable bonds is 5. The molecule has 0 saturated carbocycles. The fourth-order valence-corrected chi connectivity index (χ4v) is 3.22. The van der Waals surface area contributed by atoms with Gasteiger partial charge in [-0.3, -0.25) is 4.79 Å². The highest BCUT2D eigenvalue weighted by atomic mass is 35.5. The van der Waals surface area contributed by atoms with Gasteiger partial charge in [-0.05, 0) is 29.8 Å². The number of aryl methyl sites for hydroxylation is 1. The number of nitrogens with zero attached hydrogens (tertiary/aromatic N) is 1. The van der Waals surface area contributed by atoms with Gasteiger partial charge in [0.25, 0.3) is 0 Å². The Hall–Kier alpha value is -2.99. The van der Waals surface area contributed by atoms with Crippen LogP contribution in [0.4, 0.5) is 5.69 Å². The van der Waals surface area contributed by atoms with Crippen molar-refractivity contribution in [2.24, 2.45) is 7.05 Å². The molecule has 2 aromatic carbocycles. The minimum absolute atomic E-state index is 0.0144. The number of fused-ring (bicyclic) bond motifs is 1. The maximum atomic E-state index is 12.6. The molecule has 3 aromatic rings. The van der Waals surface area contributed by atoms with Crippen LogP contribution < -0.4 is 15.2 Å². The summed E-state index contributed by atoms with van der Waals surface area (Å²) >= 11 is 5.97. The summed E-state index contributed by atoms with van der Waals surface area (Å²) in [6, 6.07) is 12.0. The number of hydrogen-bond donors (Lipinski definition) is 1. The zero-order chi connectivity index (χ0) is 18.8. The number of methoxy groups -OCH3 is 1. The molecule has 0 atom stereocenters. The SMILES string of the molecule is COc1ccc(Cl)cc1NC(=O)Cc1c(C(=O)[O-])n(C)c2ccccc12. The van der Waals surface area contributed by atoms with Crippen LogP contribution >= 0.6 is 11.6 Å². The Kier molecular flexibility index (Phi) is 4.86. The molecule has 0 unspecified atom stereocenters. The molecule has 0 spiro atoms. The van der Waals surface area contributed by atoms with Crippen molar-refractivity contribution >= 4 is 40.1 Å². The first-order chi connectivity index (χ1) is 12.4. The first kappa shape index (κ1) is 17.8. The molecular weight excluding hydrogens is 356 g/mol. The van der Waals surface area contributed by atoms with Crippen molar-refractivity contribution in [1.29, 1.82) is 0 Å². The maximum Gasteiger partial charge on any atom is 0.229 e. The van der Waals surface area contributed by atoms with Crippen LogP contribution in [0.5, 0.6) is 5.75 Å². The van der Waals surface area contributed by atoms with E-state index in [-0.39, 0.29) is 18.0 Å². The summed E-state index contributed by atoms with van der Waals surface area (Å²) in [5.41, 5.74) is 1.52. The maximum absolute atomic E-state index is 12.6. The third kappa shape index (κ3) is 3.23. The summed E-state index contributed by atoms with van der Waals surface area (Å²) in [7, 11) is 3.12. The first-order valence-corrected chi connectivity index (χ1v) is 8.21. The van der Waals surface area contributed by atoms with E-state index in [9.17, 15) is 14.7 Å². The number of benzene rings is 2. The molecule has 3 rings (SSSR count). The van der Waals surface area contributed by atoms with E-state index < -0.39 is 5.97 Å². The quantitative estimate of drug-likeness (QED) is 0.746. The lowest BCUT2D eigenvalue weighted by Crippen LogP contribution is -2.27. The standard InChI is InChI=1S/C19H17ClN2O4/c1-22-15-6-4-3-5-12(15)13(18(22)19(24)25)10-17(23)21-14-9-11(20)7-8-16(14)26-2/h3-9H,10H2,1-2H3,(H,21,23)(H,24,25)/p-1. The summed E-state index contributed by atoms with van der Waals surface area (Å²) in [6.07, 6.45) is -0.125. The van der Waals surface area contributed by atoms with Crippen LogP contribution in [0.25, 0.3) is 10.9 Å². The van der Waals surface area contributed by atoms with E-state index in [1.165, 1.54) is 11.7 Å². The van der Waals surface area contributed by atoms with Crippen LogP contribution in [0, 0.1) is 0 Å². The van der Waals surface area contributed by atoms with Gasteiger partial charge in [0.05, 0.1) is 30.9 Å². The molecule has 1 N–H and O–H groups in total. The van der Waals surface area contributed by atoms with Crippen LogP contribution in [0.15, 0.2) is 42.5 Å². The van der Waals surface area contributed by atoms with Crippen molar-refractivity contribution in [2.45, 2.75) is 6.42 Å². The molecule has 1 heterocycles. The number of anilines is 1. The van der Waals surface area contributed by atoms with Crippen LogP contribution in [0.3, 0.4) is 0 Å². The molecule has 0 bridgehead atoms. The van der Waals surface area contributed by atoms with Crippen molar-refractivity contribution in [1.82, 2.24) is 4.57 Å². The second-order valence-electron chi connectivity index (χ2n) is 5.76. The van der Waals surface area contributed by atoms with Crippen molar-refractivity contribution in [2.75, 3.05) is 12.4 Å². The van der Waals surface area contributed by atoms with E-state index in [1.54, 1.807) is 43.4 Å². The fraction of sp³-hybridized carbons (Fsp3) is 0.158. The number of amides is 1. The summed E-state index contributed by atoms with van der Waals surface area (Å²) in [5, 5.41) is 15.5. The lowest BCUT2D eigenvalue weighted by molar-refractivity contribution is -0.255. The zero-order valence-corrected chi connectivity index (χ0v) is 15.0. The first-order valence-electron chi connectivity index (χ1n) is 7.83. The summed E-state index contributed by atoms with van der Waals surface area (Å²) in [6.45, 7) is 0. The van der Waals surface area contributed by atoms with Crippen molar-refractivity contribution in [3.8, 4) is 5.75 Å². The molecule has 0 aliphatic rings. The van der Waals surface area contributed by atoms with Crippen LogP contribution in [-0.4, -0.2) is 23.6 Å².